The quantitative estimate of drug-likeness (QED) is 0.0418. The molecule has 364 valence electrons. The predicted molar refractivity (Wildman–Crippen MR) is 264 cm³/mol. The fourth-order valence-electron chi connectivity index (χ4n) is 8.96. The third-order valence-electron chi connectivity index (χ3n) is 13.2. The molecule has 3 atom stereocenters. The first-order chi connectivity index (χ1) is 30.0. The van der Waals surface area contributed by atoms with Crippen LogP contribution in [0.15, 0.2) is 0 Å². The molecule has 0 aliphatic carbocycles. The van der Waals surface area contributed by atoms with E-state index < -0.39 is 18.2 Å². The summed E-state index contributed by atoms with van der Waals surface area (Å²) in [4.78, 5) is 26.2. The highest BCUT2D eigenvalue weighted by Gasteiger charge is 2.24. The summed E-state index contributed by atoms with van der Waals surface area (Å²) in [5.41, 5.74) is 0. The average molecular weight is 864 g/mol. The third kappa shape index (κ3) is 45.2. The van der Waals surface area contributed by atoms with Gasteiger partial charge < -0.3 is 20.3 Å². The van der Waals surface area contributed by atoms with Crippen LogP contribution in [0.4, 0.5) is 0 Å². The Morgan fingerprint density at radius 3 is 1.00 bits per heavy atom. The molecule has 0 rings (SSSR count). The third-order valence-corrected chi connectivity index (χ3v) is 13.2. The zero-order valence-corrected chi connectivity index (χ0v) is 41.6. The van der Waals surface area contributed by atoms with Gasteiger partial charge >= 0.3 is 5.97 Å². The van der Waals surface area contributed by atoms with Crippen LogP contribution in [0.25, 0.3) is 0 Å². The zero-order chi connectivity index (χ0) is 44.5. The lowest BCUT2D eigenvalue weighted by Crippen LogP contribution is -2.46. The highest BCUT2D eigenvalue weighted by Crippen LogP contribution is 2.19. The number of hydrogen-bond donors (Lipinski definition) is 3. The van der Waals surface area contributed by atoms with E-state index in [2.05, 4.69) is 26.1 Å². The highest BCUT2D eigenvalue weighted by molar-refractivity contribution is 5.77. The molecule has 0 bridgehead atoms. The molecule has 0 spiro atoms. The van der Waals surface area contributed by atoms with Gasteiger partial charge in [0, 0.05) is 6.42 Å². The second kappa shape index (κ2) is 49.9. The molecule has 0 aliphatic heterocycles. The molecule has 0 fully saturated rings. The maximum Gasteiger partial charge on any atom is 0.306 e. The minimum atomic E-state index is -0.779. The number of esters is 1. The number of amides is 1. The summed E-state index contributed by atoms with van der Waals surface area (Å²) < 4.78 is 5.96. The molecule has 0 heterocycles. The Balaban J connectivity index is 4.51. The standard InChI is InChI=1S/C55H109NO5/c1-4-7-10-13-16-19-22-25-27-28-29-31-34-37-40-43-46-51(61-55(60)48-45-42-39-36-33-30-26-23-20-17-14-11-8-5-2)49-54(59)56-52(50-57)53(58)47-44-41-38-35-32-24-21-18-15-12-9-6-3/h51-53,57-58H,4-50H2,1-3H3,(H,56,59). The maximum absolute atomic E-state index is 13.2. The summed E-state index contributed by atoms with van der Waals surface area (Å²) in [6.07, 6.45) is 54.5. The molecule has 61 heavy (non-hydrogen) atoms. The second-order valence-electron chi connectivity index (χ2n) is 19.4. The molecule has 0 aromatic rings. The van der Waals surface area contributed by atoms with E-state index in [1.54, 1.807) is 0 Å². The summed E-state index contributed by atoms with van der Waals surface area (Å²) in [6.45, 7) is 6.52. The van der Waals surface area contributed by atoms with Gasteiger partial charge in [-0.15, -0.1) is 0 Å². The van der Waals surface area contributed by atoms with Crippen LogP contribution >= 0.6 is 0 Å². The summed E-state index contributed by atoms with van der Waals surface area (Å²) in [7, 11) is 0. The number of rotatable bonds is 51. The molecule has 0 aliphatic rings. The Morgan fingerprint density at radius 1 is 0.410 bits per heavy atom. The summed E-state index contributed by atoms with van der Waals surface area (Å²) in [5, 5.41) is 23.8. The van der Waals surface area contributed by atoms with Crippen molar-refractivity contribution in [1.29, 1.82) is 0 Å². The van der Waals surface area contributed by atoms with E-state index in [0.29, 0.717) is 19.3 Å². The molecule has 6 heteroatoms. The zero-order valence-electron chi connectivity index (χ0n) is 41.6. The van der Waals surface area contributed by atoms with E-state index in [1.807, 2.05) is 0 Å². The molecule has 1 amide bonds. The van der Waals surface area contributed by atoms with Gasteiger partial charge in [-0.25, -0.2) is 0 Å². The maximum atomic E-state index is 13.2. The minimum Gasteiger partial charge on any atom is -0.462 e. The van der Waals surface area contributed by atoms with E-state index in [4.69, 9.17) is 4.74 Å². The first-order valence-corrected chi connectivity index (χ1v) is 27.8. The van der Waals surface area contributed by atoms with Gasteiger partial charge in [-0.3, -0.25) is 9.59 Å². The Hall–Kier alpha value is -1.14. The van der Waals surface area contributed by atoms with Crippen LogP contribution in [0.1, 0.15) is 316 Å². The van der Waals surface area contributed by atoms with Crippen molar-refractivity contribution in [2.45, 2.75) is 334 Å². The number of unbranched alkanes of at least 4 members (excludes halogenated alkanes) is 39. The van der Waals surface area contributed by atoms with Crippen LogP contribution in [0, 0.1) is 0 Å². The lowest BCUT2D eigenvalue weighted by atomic mass is 10.0. The lowest BCUT2D eigenvalue weighted by molar-refractivity contribution is -0.151. The van der Waals surface area contributed by atoms with Crippen LogP contribution in [0.5, 0.6) is 0 Å². The highest BCUT2D eigenvalue weighted by atomic mass is 16.5. The van der Waals surface area contributed by atoms with Crippen molar-refractivity contribution in [3.8, 4) is 0 Å². The molecule has 0 aromatic carbocycles. The van der Waals surface area contributed by atoms with E-state index in [0.717, 1.165) is 38.5 Å². The lowest BCUT2D eigenvalue weighted by Gasteiger charge is -2.24. The SMILES string of the molecule is CCCCCCCCCCCCCCCCCCC(CC(=O)NC(CO)C(O)CCCCCCCCCCCCCC)OC(=O)CCCCCCCCCCCCCCCC. The first kappa shape index (κ1) is 59.9. The van der Waals surface area contributed by atoms with Crippen LogP contribution in [0.2, 0.25) is 0 Å². The van der Waals surface area contributed by atoms with Gasteiger partial charge in [-0.2, -0.15) is 0 Å². The van der Waals surface area contributed by atoms with Crippen molar-refractivity contribution in [2.24, 2.45) is 0 Å². The molecule has 0 saturated carbocycles. The van der Waals surface area contributed by atoms with Crippen LogP contribution in [-0.2, 0) is 14.3 Å². The Labute approximate surface area is 381 Å². The van der Waals surface area contributed by atoms with Crippen molar-refractivity contribution in [1.82, 2.24) is 5.32 Å². The number of carbonyl (C=O) groups excluding carboxylic acids is 2. The molecule has 3 N–H and O–H groups in total. The predicted octanol–water partition coefficient (Wildman–Crippen LogP) is 16.7. The van der Waals surface area contributed by atoms with Gasteiger partial charge in [-0.05, 0) is 25.7 Å². The molecule has 6 nitrogen and oxygen atoms in total. The molecule has 0 radical (unpaired) electrons. The Bertz CT molecular complexity index is 882. The fraction of sp³-hybridized carbons (Fsp3) is 0.964. The second-order valence-corrected chi connectivity index (χ2v) is 19.4. The van der Waals surface area contributed by atoms with E-state index >= 15 is 0 Å². The normalized spacial score (nSPS) is 13.1. The van der Waals surface area contributed by atoms with Gasteiger partial charge in [0.2, 0.25) is 5.91 Å². The van der Waals surface area contributed by atoms with Gasteiger partial charge in [0.1, 0.15) is 6.10 Å². The van der Waals surface area contributed by atoms with E-state index in [1.165, 1.54) is 231 Å². The molecular weight excluding hydrogens is 755 g/mol. The van der Waals surface area contributed by atoms with Crippen molar-refractivity contribution < 1.29 is 24.5 Å². The van der Waals surface area contributed by atoms with Crippen molar-refractivity contribution in [3.05, 3.63) is 0 Å². The van der Waals surface area contributed by atoms with E-state index in [-0.39, 0.29) is 24.9 Å². The number of carbonyl (C=O) groups is 2. The van der Waals surface area contributed by atoms with Crippen LogP contribution < -0.4 is 5.32 Å². The van der Waals surface area contributed by atoms with Gasteiger partial charge in [0.05, 0.1) is 25.2 Å². The Kier molecular flexibility index (Phi) is 48.9. The number of ether oxygens (including phenoxy) is 1. The number of aliphatic hydroxyl groups is 2. The largest absolute Gasteiger partial charge is 0.462 e. The molecule has 3 unspecified atom stereocenters. The van der Waals surface area contributed by atoms with Crippen LogP contribution in [-0.4, -0.2) is 46.9 Å². The van der Waals surface area contributed by atoms with Crippen molar-refractivity contribution >= 4 is 11.9 Å². The Morgan fingerprint density at radius 2 is 0.689 bits per heavy atom. The summed E-state index contributed by atoms with van der Waals surface area (Å²) >= 11 is 0. The van der Waals surface area contributed by atoms with Gasteiger partial charge in [0.15, 0.2) is 0 Å². The summed E-state index contributed by atoms with van der Waals surface area (Å²) in [5.74, 6) is -0.447. The monoisotopic (exact) mass is 864 g/mol. The molecule has 0 saturated heterocycles. The fourth-order valence-corrected chi connectivity index (χ4v) is 8.96. The molecular formula is C55H109NO5. The smallest absolute Gasteiger partial charge is 0.306 e. The summed E-state index contributed by atoms with van der Waals surface area (Å²) in [6, 6.07) is -0.692. The number of aliphatic hydroxyl groups excluding tert-OH is 2. The van der Waals surface area contributed by atoms with E-state index in [9.17, 15) is 19.8 Å². The van der Waals surface area contributed by atoms with Crippen molar-refractivity contribution in [3.63, 3.8) is 0 Å². The number of nitrogens with one attached hydrogen (secondary N) is 1. The minimum absolute atomic E-state index is 0.0883. The first-order valence-electron chi connectivity index (χ1n) is 27.8. The molecule has 0 aromatic heterocycles. The van der Waals surface area contributed by atoms with Gasteiger partial charge in [-0.1, -0.05) is 278 Å². The van der Waals surface area contributed by atoms with Crippen LogP contribution in [0.3, 0.4) is 0 Å². The average Bonchev–Trinajstić information content (AvgIpc) is 3.25. The number of hydrogen-bond acceptors (Lipinski definition) is 5. The van der Waals surface area contributed by atoms with Gasteiger partial charge in [0.25, 0.3) is 0 Å². The topological polar surface area (TPSA) is 95.9 Å². The van der Waals surface area contributed by atoms with Crippen molar-refractivity contribution in [2.75, 3.05) is 6.61 Å².